The van der Waals surface area contributed by atoms with Gasteiger partial charge in [0.1, 0.15) is 11.6 Å². The van der Waals surface area contributed by atoms with E-state index in [1.54, 1.807) is 12.2 Å². The van der Waals surface area contributed by atoms with Gasteiger partial charge in [-0.1, -0.05) is 30.4 Å². The van der Waals surface area contributed by atoms with Gasteiger partial charge in [0, 0.05) is 25.0 Å². The van der Waals surface area contributed by atoms with Gasteiger partial charge in [-0.25, -0.2) is 0 Å². The van der Waals surface area contributed by atoms with E-state index >= 15 is 0 Å². The van der Waals surface area contributed by atoms with Crippen LogP contribution in [-0.4, -0.2) is 23.9 Å². The fraction of sp³-hybridized carbons (Fsp3) is 0.222. The molecule has 0 spiro atoms. The molecule has 0 bridgehead atoms. The summed E-state index contributed by atoms with van der Waals surface area (Å²) in [6.07, 6.45) is 4.70. The van der Waals surface area contributed by atoms with E-state index in [0.29, 0.717) is 13.1 Å². The van der Waals surface area contributed by atoms with Gasteiger partial charge in [-0.2, -0.15) is 5.26 Å². The van der Waals surface area contributed by atoms with Gasteiger partial charge in [0.2, 0.25) is 0 Å². The van der Waals surface area contributed by atoms with E-state index in [1.165, 1.54) is 11.1 Å². The summed E-state index contributed by atoms with van der Waals surface area (Å²) in [7, 11) is 0. The molecule has 4 nitrogen and oxygen atoms in total. The van der Waals surface area contributed by atoms with Gasteiger partial charge in [-0.15, -0.1) is 13.2 Å². The molecule has 0 unspecified atom stereocenters. The summed E-state index contributed by atoms with van der Waals surface area (Å²) in [6.45, 7) is 11.9. The summed E-state index contributed by atoms with van der Waals surface area (Å²) in [6, 6.07) is 7.85. The number of nitrogens with zero attached hydrogens (tertiary/aromatic N) is 2. The Morgan fingerprint density at radius 2 is 1.82 bits per heavy atom. The molecule has 0 aliphatic heterocycles. The lowest BCUT2D eigenvalue weighted by atomic mass is 10.1. The molecule has 0 radical (unpaired) electrons. The zero-order chi connectivity index (χ0) is 16.5. The van der Waals surface area contributed by atoms with Crippen LogP contribution >= 0.6 is 0 Å². The number of hydrogen-bond acceptors (Lipinski definition) is 3. The number of rotatable bonds is 7. The van der Waals surface area contributed by atoms with E-state index in [9.17, 15) is 10.1 Å². The maximum atomic E-state index is 12.3. The highest BCUT2D eigenvalue weighted by Gasteiger charge is 2.16. The smallest absolute Gasteiger partial charge is 0.266 e. The van der Waals surface area contributed by atoms with Crippen LogP contribution in [0.3, 0.4) is 0 Å². The van der Waals surface area contributed by atoms with Crippen LogP contribution in [0.25, 0.3) is 0 Å². The van der Waals surface area contributed by atoms with E-state index < -0.39 is 0 Å². The number of aryl methyl sites for hydroxylation is 2. The van der Waals surface area contributed by atoms with Crippen molar-refractivity contribution in [3.8, 4) is 6.07 Å². The molecule has 22 heavy (non-hydrogen) atoms. The summed E-state index contributed by atoms with van der Waals surface area (Å²) in [5.74, 6) is -0.346. The molecule has 0 aromatic heterocycles. The molecule has 1 aromatic rings. The molecule has 114 valence electrons. The van der Waals surface area contributed by atoms with Crippen LogP contribution in [0.5, 0.6) is 0 Å². The standard InChI is InChI=1S/C18H21N3O/c1-5-10-21(11-6-2)18(22)16(12-19)13-20-17-14(3)8-7-9-15(17)4/h5-9,13,20H,1-2,10-11H2,3-4H3/b16-13-. The highest BCUT2D eigenvalue weighted by atomic mass is 16.2. The minimum absolute atomic E-state index is 0.0475. The quantitative estimate of drug-likeness (QED) is 0.477. The van der Waals surface area contributed by atoms with E-state index in [2.05, 4.69) is 18.5 Å². The van der Waals surface area contributed by atoms with Crippen molar-refractivity contribution in [3.63, 3.8) is 0 Å². The lowest BCUT2D eigenvalue weighted by Gasteiger charge is -2.18. The number of anilines is 1. The topological polar surface area (TPSA) is 56.1 Å². The summed E-state index contributed by atoms with van der Waals surface area (Å²) in [5, 5.41) is 12.3. The van der Waals surface area contributed by atoms with Crippen molar-refractivity contribution in [1.29, 1.82) is 5.26 Å². The molecule has 0 aliphatic carbocycles. The van der Waals surface area contributed by atoms with Crippen molar-refractivity contribution in [2.45, 2.75) is 13.8 Å². The van der Waals surface area contributed by atoms with Gasteiger partial charge in [0.05, 0.1) is 0 Å². The van der Waals surface area contributed by atoms with Gasteiger partial charge in [0.15, 0.2) is 0 Å². The maximum Gasteiger partial charge on any atom is 0.266 e. The molecule has 0 atom stereocenters. The predicted octanol–water partition coefficient (Wildman–Crippen LogP) is 3.32. The number of hydrogen-bond donors (Lipinski definition) is 1. The third-order valence-electron chi connectivity index (χ3n) is 3.18. The second kappa shape index (κ2) is 8.48. The van der Waals surface area contributed by atoms with Crippen LogP contribution in [0.15, 0.2) is 55.3 Å². The van der Waals surface area contributed by atoms with Crippen molar-refractivity contribution in [3.05, 3.63) is 66.4 Å². The summed E-state index contributed by atoms with van der Waals surface area (Å²) in [5.41, 5.74) is 3.05. The van der Waals surface area contributed by atoms with Crippen molar-refractivity contribution in [1.82, 2.24) is 4.90 Å². The van der Waals surface area contributed by atoms with Crippen LogP contribution in [0.1, 0.15) is 11.1 Å². The Kier molecular flexibility index (Phi) is 6.65. The van der Waals surface area contributed by atoms with Crippen LogP contribution < -0.4 is 5.32 Å². The number of amides is 1. The normalized spacial score (nSPS) is 10.5. The Labute approximate surface area is 132 Å². The predicted molar refractivity (Wildman–Crippen MR) is 90.2 cm³/mol. The third-order valence-corrected chi connectivity index (χ3v) is 3.18. The lowest BCUT2D eigenvalue weighted by Crippen LogP contribution is -2.32. The number of nitriles is 1. The van der Waals surface area contributed by atoms with Crippen molar-refractivity contribution in [2.24, 2.45) is 0 Å². The van der Waals surface area contributed by atoms with E-state index in [1.807, 2.05) is 38.1 Å². The molecule has 4 heteroatoms. The largest absolute Gasteiger partial charge is 0.360 e. The zero-order valence-corrected chi connectivity index (χ0v) is 13.1. The molecular weight excluding hydrogens is 274 g/mol. The zero-order valence-electron chi connectivity index (χ0n) is 13.1. The minimum atomic E-state index is -0.346. The van der Waals surface area contributed by atoms with Gasteiger partial charge in [-0.3, -0.25) is 4.79 Å². The molecule has 0 saturated heterocycles. The highest BCUT2D eigenvalue weighted by Crippen LogP contribution is 2.19. The average Bonchev–Trinajstić information content (AvgIpc) is 2.49. The second-order valence-corrected chi connectivity index (χ2v) is 4.87. The van der Waals surface area contributed by atoms with E-state index in [-0.39, 0.29) is 11.5 Å². The first-order valence-corrected chi connectivity index (χ1v) is 6.99. The second-order valence-electron chi connectivity index (χ2n) is 4.87. The first-order valence-electron chi connectivity index (χ1n) is 6.99. The SMILES string of the molecule is C=CCN(CC=C)C(=O)/C(C#N)=C\Nc1c(C)cccc1C. The van der Waals surface area contributed by atoms with Gasteiger partial charge in [-0.05, 0) is 25.0 Å². The Morgan fingerprint density at radius 3 is 2.27 bits per heavy atom. The molecular formula is C18H21N3O. The average molecular weight is 295 g/mol. The Morgan fingerprint density at radius 1 is 1.27 bits per heavy atom. The third kappa shape index (κ3) is 4.35. The number of benzene rings is 1. The van der Waals surface area contributed by atoms with E-state index in [4.69, 9.17) is 0 Å². The molecule has 1 aromatic carbocycles. The molecule has 0 fully saturated rings. The molecule has 0 saturated carbocycles. The fourth-order valence-electron chi connectivity index (χ4n) is 2.05. The van der Waals surface area contributed by atoms with Crippen molar-refractivity contribution >= 4 is 11.6 Å². The minimum Gasteiger partial charge on any atom is -0.360 e. The maximum absolute atomic E-state index is 12.3. The first kappa shape index (κ1) is 17.3. The lowest BCUT2D eigenvalue weighted by molar-refractivity contribution is -0.125. The van der Waals surface area contributed by atoms with E-state index in [0.717, 1.165) is 16.8 Å². The highest BCUT2D eigenvalue weighted by molar-refractivity contribution is 5.97. The van der Waals surface area contributed by atoms with Gasteiger partial charge in [0.25, 0.3) is 5.91 Å². The van der Waals surface area contributed by atoms with Gasteiger partial charge >= 0.3 is 0 Å². The monoisotopic (exact) mass is 295 g/mol. The van der Waals surface area contributed by atoms with Crippen molar-refractivity contribution < 1.29 is 4.79 Å². The van der Waals surface area contributed by atoms with Crippen LogP contribution in [0, 0.1) is 25.2 Å². The Bertz CT molecular complexity index is 608. The van der Waals surface area contributed by atoms with Crippen molar-refractivity contribution in [2.75, 3.05) is 18.4 Å². The molecule has 1 amide bonds. The van der Waals surface area contributed by atoms with Crippen LogP contribution in [0.4, 0.5) is 5.69 Å². The molecule has 1 N–H and O–H groups in total. The van der Waals surface area contributed by atoms with Crippen LogP contribution in [-0.2, 0) is 4.79 Å². The van der Waals surface area contributed by atoms with Gasteiger partial charge < -0.3 is 10.2 Å². The number of carbonyl (C=O) groups excluding carboxylic acids is 1. The molecule has 1 rings (SSSR count). The summed E-state index contributed by atoms with van der Waals surface area (Å²) in [4.78, 5) is 13.8. The number of para-hydroxylation sites is 1. The van der Waals surface area contributed by atoms with Crippen LogP contribution in [0.2, 0.25) is 0 Å². The Hall–Kier alpha value is -2.80. The number of nitrogens with one attached hydrogen (secondary N) is 1. The molecule has 0 aliphatic rings. The fourth-order valence-corrected chi connectivity index (χ4v) is 2.05. The molecule has 0 heterocycles. The summed E-state index contributed by atoms with van der Waals surface area (Å²) >= 11 is 0. The number of carbonyl (C=O) groups is 1. The Balaban J connectivity index is 3.00. The first-order chi connectivity index (χ1) is 10.5. The summed E-state index contributed by atoms with van der Waals surface area (Å²) < 4.78 is 0.